The van der Waals surface area contributed by atoms with E-state index in [2.05, 4.69) is 15.3 Å². The Morgan fingerprint density at radius 3 is 2.35 bits per heavy atom. The van der Waals surface area contributed by atoms with Crippen molar-refractivity contribution in [2.45, 2.75) is 12.8 Å². The minimum absolute atomic E-state index is 0.145. The monoisotopic (exact) mass is 341 g/mol. The molecule has 0 aliphatic carbocycles. The summed E-state index contributed by atoms with van der Waals surface area (Å²) in [6.45, 7) is 0.145. The molecule has 0 bridgehead atoms. The van der Waals surface area contributed by atoms with Crippen molar-refractivity contribution in [2.75, 3.05) is 11.9 Å². The number of aryl methyl sites for hydroxylation is 1. The Labute approximate surface area is 133 Å². The normalized spacial score (nSPS) is 11.1. The van der Waals surface area contributed by atoms with Crippen LogP contribution in [-0.4, -0.2) is 16.5 Å². The Morgan fingerprint density at radius 2 is 1.65 bits per heavy atom. The van der Waals surface area contributed by atoms with Gasteiger partial charge in [0.25, 0.3) is 11.9 Å². The molecule has 3 rings (SSSR count). The summed E-state index contributed by atoms with van der Waals surface area (Å²) in [6.07, 6.45) is 1.09. The largest absolute Gasteiger partial charge is 0.380 e. The molecular formula is C15H11F4N3S. The van der Waals surface area contributed by atoms with Crippen molar-refractivity contribution in [3.63, 3.8) is 0 Å². The van der Waals surface area contributed by atoms with E-state index in [1.807, 2.05) is 24.3 Å². The van der Waals surface area contributed by atoms with Gasteiger partial charge >= 0.3 is 0 Å². The SMILES string of the molecule is Fc1nc(F)c(F)c(NCCCc2nc3ccccc3s2)c1F. The van der Waals surface area contributed by atoms with Crippen LogP contribution in [0.15, 0.2) is 24.3 Å². The Balaban J connectivity index is 1.62. The summed E-state index contributed by atoms with van der Waals surface area (Å²) in [5, 5.41) is 3.26. The second-order valence-electron chi connectivity index (χ2n) is 4.80. The van der Waals surface area contributed by atoms with Crippen LogP contribution in [-0.2, 0) is 6.42 Å². The van der Waals surface area contributed by atoms with Gasteiger partial charge in [0.2, 0.25) is 11.6 Å². The summed E-state index contributed by atoms with van der Waals surface area (Å²) in [5.41, 5.74) is 0.0649. The number of hydrogen-bond acceptors (Lipinski definition) is 4. The zero-order valence-corrected chi connectivity index (χ0v) is 12.6. The molecule has 3 aromatic rings. The highest BCUT2D eigenvalue weighted by Gasteiger charge is 2.20. The summed E-state index contributed by atoms with van der Waals surface area (Å²) >= 11 is 1.54. The molecule has 2 aromatic heterocycles. The van der Waals surface area contributed by atoms with E-state index in [0.29, 0.717) is 12.8 Å². The number of anilines is 1. The predicted molar refractivity (Wildman–Crippen MR) is 80.5 cm³/mol. The minimum Gasteiger partial charge on any atom is -0.380 e. The molecule has 0 spiro atoms. The van der Waals surface area contributed by atoms with Crippen molar-refractivity contribution >= 4 is 27.2 Å². The van der Waals surface area contributed by atoms with E-state index in [0.717, 1.165) is 15.2 Å². The molecule has 1 aromatic carbocycles. The molecule has 8 heteroatoms. The van der Waals surface area contributed by atoms with Crippen LogP contribution in [0.3, 0.4) is 0 Å². The third-order valence-electron chi connectivity index (χ3n) is 3.20. The van der Waals surface area contributed by atoms with Crippen LogP contribution < -0.4 is 5.32 Å². The topological polar surface area (TPSA) is 37.8 Å². The first-order valence-electron chi connectivity index (χ1n) is 6.84. The maximum atomic E-state index is 13.4. The minimum atomic E-state index is -1.67. The first-order valence-corrected chi connectivity index (χ1v) is 7.66. The summed E-state index contributed by atoms with van der Waals surface area (Å²) in [4.78, 5) is 6.93. The van der Waals surface area contributed by atoms with Crippen molar-refractivity contribution in [1.29, 1.82) is 0 Å². The number of para-hydroxylation sites is 1. The molecule has 0 aliphatic rings. The van der Waals surface area contributed by atoms with Gasteiger partial charge in [-0.15, -0.1) is 11.3 Å². The number of nitrogens with zero attached hydrogens (tertiary/aromatic N) is 2. The van der Waals surface area contributed by atoms with Crippen LogP contribution in [0.5, 0.6) is 0 Å². The number of benzene rings is 1. The maximum Gasteiger partial charge on any atom is 0.253 e. The predicted octanol–water partition coefficient (Wildman–Crippen LogP) is 4.29. The van der Waals surface area contributed by atoms with E-state index in [4.69, 9.17) is 0 Å². The van der Waals surface area contributed by atoms with Gasteiger partial charge in [0.05, 0.1) is 15.2 Å². The lowest BCUT2D eigenvalue weighted by Crippen LogP contribution is -2.11. The molecule has 120 valence electrons. The molecule has 3 nitrogen and oxygen atoms in total. The van der Waals surface area contributed by atoms with Crippen LogP contribution in [0, 0.1) is 23.5 Å². The number of aromatic nitrogens is 2. The van der Waals surface area contributed by atoms with E-state index >= 15 is 0 Å². The van der Waals surface area contributed by atoms with Gasteiger partial charge in [-0.1, -0.05) is 12.1 Å². The lowest BCUT2D eigenvalue weighted by atomic mass is 10.3. The lowest BCUT2D eigenvalue weighted by Gasteiger charge is -2.08. The molecule has 0 fully saturated rings. The molecular weight excluding hydrogens is 330 g/mol. The Morgan fingerprint density at radius 1 is 0.957 bits per heavy atom. The van der Waals surface area contributed by atoms with E-state index in [-0.39, 0.29) is 6.54 Å². The van der Waals surface area contributed by atoms with Crippen LogP contribution in [0.4, 0.5) is 23.2 Å². The number of halogens is 4. The molecule has 0 atom stereocenters. The number of hydrogen-bond donors (Lipinski definition) is 1. The summed E-state index contributed by atoms with van der Waals surface area (Å²) < 4.78 is 53.8. The van der Waals surface area contributed by atoms with Gasteiger partial charge in [0.15, 0.2) is 0 Å². The second-order valence-corrected chi connectivity index (χ2v) is 5.92. The highest BCUT2D eigenvalue weighted by molar-refractivity contribution is 7.18. The lowest BCUT2D eigenvalue weighted by molar-refractivity contribution is 0.410. The molecule has 0 amide bonds. The average molecular weight is 341 g/mol. The fraction of sp³-hybridized carbons (Fsp3) is 0.200. The van der Waals surface area contributed by atoms with Crippen molar-refractivity contribution in [3.05, 3.63) is 52.8 Å². The summed E-state index contributed by atoms with van der Waals surface area (Å²) in [5.74, 6) is -6.39. The number of thiazole rings is 1. The molecule has 0 aliphatic heterocycles. The average Bonchev–Trinajstić information content (AvgIpc) is 2.95. The van der Waals surface area contributed by atoms with Crippen LogP contribution >= 0.6 is 11.3 Å². The summed E-state index contributed by atoms with van der Waals surface area (Å²) in [6, 6.07) is 7.68. The Hall–Kier alpha value is -2.22. The van der Waals surface area contributed by atoms with Crippen molar-refractivity contribution in [3.8, 4) is 0 Å². The molecule has 0 saturated carbocycles. The van der Waals surface area contributed by atoms with Gasteiger partial charge in [-0.05, 0) is 18.6 Å². The number of rotatable bonds is 5. The van der Waals surface area contributed by atoms with Gasteiger partial charge in [-0.3, -0.25) is 0 Å². The van der Waals surface area contributed by atoms with E-state index in [9.17, 15) is 17.6 Å². The van der Waals surface area contributed by atoms with Crippen molar-refractivity contribution in [2.24, 2.45) is 0 Å². The van der Waals surface area contributed by atoms with Crippen LogP contribution in [0.2, 0.25) is 0 Å². The Bertz CT molecular complexity index is 791. The Kier molecular flexibility index (Phi) is 4.42. The summed E-state index contributed by atoms with van der Waals surface area (Å²) in [7, 11) is 0. The fourth-order valence-corrected chi connectivity index (χ4v) is 3.13. The maximum absolute atomic E-state index is 13.4. The highest BCUT2D eigenvalue weighted by Crippen LogP contribution is 2.24. The molecule has 0 saturated heterocycles. The quantitative estimate of drug-likeness (QED) is 0.427. The van der Waals surface area contributed by atoms with Gasteiger partial charge in [-0.2, -0.15) is 22.5 Å². The van der Waals surface area contributed by atoms with Gasteiger partial charge < -0.3 is 5.32 Å². The van der Waals surface area contributed by atoms with Gasteiger partial charge in [0.1, 0.15) is 5.69 Å². The standard InChI is InChI=1S/C15H11F4N3S/c16-11-13(12(17)15(19)22-14(11)18)20-7-3-6-10-21-8-4-1-2-5-9(8)23-10/h1-2,4-5H,3,6-7H2,(H,20,22). The number of pyridine rings is 1. The zero-order valence-electron chi connectivity index (χ0n) is 11.7. The third-order valence-corrected chi connectivity index (χ3v) is 4.30. The first-order chi connectivity index (χ1) is 11.1. The van der Waals surface area contributed by atoms with E-state index < -0.39 is 29.2 Å². The highest BCUT2D eigenvalue weighted by atomic mass is 32.1. The van der Waals surface area contributed by atoms with Gasteiger partial charge in [0, 0.05) is 13.0 Å². The molecule has 2 heterocycles. The smallest absolute Gasteiger partial charge is 0.253 e. The van der Waals surface area contributed by atoms with Gasteiger partial charge in [-0.25, -0.2) is 4.98 Å². The first kappa shape index (κ1) is 15.7. The molecule has 23 heavy (non-hydrogen) atoms. The van der Waals surface area contributed by atoms with E-state index in [1.165, 1.54) is 11.3 Å². The van der Waals surface area contributed by atoms with Crippen LogP contribution in [0.1, 0.15) is 11.4 Å². The molecule has 0 radical (unpaired) electrons. The zero-order chi connectivity index (χ0) is 16.4. The van der Waals surface area contributed by atoms with Crippen LogP contribution in [0.25, 0.3) is 10.2 Å². The molecule has 0 unspecified atom stereocenters. The van der Waals surface area contributed by atoms with Crippen molar-refractivity contribution in [1.82, 2.24) is 9.97 Å². The van der Waals surface area contributed by atoms with Crippen molar-refractivity contribution < 1.29 is 17.6 Å². The molecule has 1 N–H and O–H groups in total. The second kappa shape index (κ2) is 6.49. The number of nitrogens with one attached hydrogen (secondary N) is 1. The number of fused-ring (bicyclic) bond motifs is 1. The fourth-order valence-electron chi connectivity index (χ4n) is 2.12. The van der Waals surface area contributed by atoms with E-state index in [1.54, 1.807) is 0 Å². The third kappa shape index (κ3) is 3.26.